The fraction of sp³-hybridized carbons (Fsp3) is 0.296. The van der Waals surface area contributed by atoms with Gasteiger partial charge in [0.05, 0.1) is 12.3 Å². The predicted octanol–water partition coefficient (Wildman–Crippen LogP) is 6.38. The number of nitrogens with zero attached hydrogens (tertiary/aromatic N) is 1. The van der Waals surface area contributed by atoms with E-state index in [0.29, 0.717) is 24.6 Å². The van der Waals surface area contributed by atoms with Crippen molar-refractivity contribution >= 4 is 29.0 Å². The van der Waals surface area contributed by atoms with Crippen molar-refractivity contribution in [3.05, 3.63) is 83.4 Å². The molecule has 0 unspecified atom stereocenters. The Kier molecular flexibility index (Phi) is 7.05. The number of hydrogen-bond donors (Lipinski definition) is 1. The molecular weight excluding hydrogens is 416 g/mol. The van der Waals surface area contributed by atoms with Crippen LogP contribution in [0.15, 0.2) is 71.6 Å². The Balaban J connectivity index is 1.50. The van der Waals surface area contributed by atoms with Crippen LogP contribution in [0, 0.1) is 0 Å². The van der Waals surface area contributed by atoms with E-state index in [1.165, 1.54) is 10.5 Å². The Morgan fingerprint density at radius 2 is 1.81 bits per heavy atom. The number of thioether (sulfide) groups is 1. The SMILES string of the molecule is CSc1ccc(CNC(=O)c2ccc3c(c2)OCCCN3c2ccc(C(C)C)cc2)cc1. The first kappa shape index (κ1) is 22.3. The van der Waals surface area contributed by atoms with Crippen molar-refractivity contribution in [1.29, 1.82) is 0 Å². The molecule has 1 aliphatic heterocycles. The van der Waals surface area contributed by atoms with Gasteiger partial charge in [-0.05, 0) is 72.2 Å². The van der Waals surface area contributed by atoms with Crippen LogP contribution < -0.4 is 15.0 Å². The molecule has 0 saturated carbocycles. The number of fused-ring (bicyclic) bond motifs is 1. The molecule has 3 aromatic rings. The third-order valence-electron chi connectivity index (χ3n) is 5.78. The first-order valence-electron chi connectivity index (χ1n) is 11.1. The fourth-order valence-corrected chi connectivity index (χ4v) is 4.26. The van der Waals surface area contributed by atoms with Gasteiger partial charge < -0.3 is 15.0 Å². The molecule has 0 fully saturated rings. The zero-order valence-electron chi connectivity index (χ0n) is 18.9. The Hall–Kier alpha value is -2.92. The van der Waals surface area contributed by atoms with Crippen molar-refractivity contribution in [2.75, 3.05) is 24.3 Å². The van der Waals surface area contributed by atoms with Crippen LogP contribution >= 0.6 is 11.8 Å². The summed E-state index contributed by atoms with van der Waals surface area (Å²) in [7, 11) is 0. The van der Waals surface area contributed by atoms with Crippen LogP contribution in [0.25, 0.3) is 0 Å². The van der Waals surface area contributed by atoms with E-state index in [0.717, 1.165) is 35.7 Å². The second-order valence-electron chi connectivity index (χ2n) is 8.31. The van der Waals surface area contributed by atoms with Crippen molar-refractivity contribution < 1.29 is 9.53 Å². The Bertz CT molecular complexity index is 1060. The zero-order chi connectivity index (χ0) is 22.5. The van der Waals surface area contributed by atoms with Gasteiger partial charge in [-0.15, -0.1) is 11.8 Å². The van der Waals surface area contributed by atoms with E-state index in [-0.39, 0.29) is 5.91 Å². The number of nitrogens with one attached hydrogen (secondary N) is 1. The van der Waals surface area contributed by atoms with Crippen molar-refractivity contribution in [2.45, 2.75) is 37.6 Å². The maximum Gasteiger partial charge on any atom is 0.251 e. The summed E-state index contributed by atoms with van der Waals surface area (Å²) in [6.07, 6.45) is 2.98. The van der Waals surface area contributed by atoms with E-state index >= 15 is 0 Å². The third kappa shape index (κ3) is 5.10. The van der Waals surface area contributed by atoms with Crippen LogP contribution in [0.2, 0.25) is 0 Å². The van der Waals surface area contributed by atoms with E-state index in [9.17, 15) is 4.79 Å². The molecule has 1 heterocycles. The number of benzene rings is 3. The van der Waals surface area contributed by atoms with Crippen LogP contribution in [0.3, 0.4) is 0 Å². The summed E-state index contributed by atoms with van der Waals surface area (Å²) < 4.78 is 6.02. The van der Waals surface area contributed by atoms with Crippen LogP contribution in [0.1, 0.15) is 47.7 Å². The summed E-state index contributed by atoms with van der Waals surface area (Å²) in [5, 5.41) is 3.02. The molecule has 0 spiro atoms. The van der Waals surface area contributed by atoms with Gasteiger partial charge in [-0.1, -0.05) is 38.1 Å². The summed E-state index contributed by atoms with van der Waals surface area (Å²) in [6, 6.07) is 22.7. The van der Waals surface area contributed by atoms with Gasteiger partial charge in [0.2, 0.25) is 0 Å². The smallest absolute Gasteiger partial charge is 0.251 e. The van der Waals surface area contributed by atoms with E-state index in [1.807, 2.05) is 18.2 Å². The average Bonchev–Trinajstić information content (AvgIpc) is 3.05. The molecular formula is C27H30N2O2S. The number of carbonyl (C=O) groups excluding carboxylic acids is 1. The monoisotopic (exact) mass is 446 g/mol. The Labute approximate surface area is 195 Å². The Morgan fingerprint density at radius 3 is 2.50 bits per heavy atom. The standard InChI is InChI=1S/C27H30N2O2S/c1-19(2)21-7-10-23(11-8-21)29-15-4-16-31-26-17-22(9-14-25(26)29)27(30)28-18-20-5-12-24(32-3)13-6-20/h5-14,17,19H,4,15-16,18H2,1-3H3,(H,28,30). The second kappa shape index (κ2) is 10.1. The summed E-state index contributed by atoms with van der Waals surface area (Å²) in [4.78, 5) is 16.3. The number of amides is 1. The van der Waals surface area contributed by atoms with Gasteiger partial charge in [-0.25, -0.2) is 0 Å². The predicted molar refractivity (Wildman–Crippen MR) is 133 cm³/mol. The maximum atomic E-state index is 12.8. The van der Waals surface area contributed by atoms with E-state index in [1.54, 1.807) is 11.8 Å². The molecule has 4 rings (SSSR count). The topological polar surface area (TPSA) is 41.6 Å². The minimum atomic E-state index is -0.0950. The largest absolute Gasteiger partial charge is 0.491 e. The lowest BCUT2D eigenvalue weighted by molar-refractivity contribution is 0.0950. The number of hydrogen-bond acceptors (Lipinski definition) is 4. The van der Waals surface area contributed by atoms with Gasteiger partial charge in [0, 0.05) is 29.2 Å². The van der Waals surface area contributed by atoms with Crippen molar-refractivity contribution in [2.24, 2.45) is 0 Å². The van der Waals surface area contributed by atoms with Crippen molar-refractivity contribution in [3.8, 4) is 5.75 Å². The number of carbonyl (C=O) groups is 1. The van der Waals surface area contributed by atoms with Gasteiger partial charge in [0.15, 0.2) is 0 Å². The van der Waals surface area contributed by atoms with Gasteiger partial charge in [0.25, 0.3) is 5.91 Å². The van der Waals surface area contributed by atoms with Crippen LogP contribution in [-0.2, 0) is 6.54 Å². The number of rotatable bonds is 6. The van der Waals surface area contributed by atoms with Crippen LogP contribution in [0.5, 0.6) is 5.75 Å². The molecule has 166 valence electrons. The highest BCUT2D eigenvalue weighted by Crippen LogP contribution is 2.37. The zero-order valence-corrected chi connectivity index (χ0v) is 19.7. The van der Waals surface area contributed by atoms with Crippen LogP contribution in [0.4, 0.5) is 11.4 Å². The van der Waals surface area contributed by atoms with Crippen LogP contribution in [-0.4, -0.2) is 25.3 Å². The van der Waals surface area contributed by atoms with Gasteiger partial charge >= 0.3 is 0 Å². The Morgan fingerprint density at radius 1 is 1.06 bits per heavy atom. The fourth-order valence-electron chi connectivity index (χ4n) is 3.85. The summed E-state index contributed by atoms with van der Waals surface area (Å²) in [5.74, 6) is 1.17. The molecule has 1 amide bonds. The molecule has 0 atom stereocenters. The first-order chi connectivity index (χ1) is 15.5. The van der Waals surface area contributed by atoms with Gasteiger partial charge in [0.1, 0.15) is 5.75 Å². The van der Waals surface area contributed by atoms with Gasteiger partial charge in [-0.3, -0.25) is 4.79 Å². The lowest BCUT2D eigenvalue weighted by Crippen LogP contribution is -2.23. The molecule has 0 radical (unpaired) electrons. The normalized spacial score (nSPS) is 13.3. The molecule has 0 aromatic heterocycles. The van der Waals surface area contributed by atoms with Crippen molar-refractivity contribution in [1.82, 2.24) is 5.32 Å². The maximum absolute atomic E-state index is 12.8. The molecule has 3 aromatic carbocycles. The van der Waals surface area contributed by atoms with Crippen molar-refractivity contribution in [3.63, 3.8) is 0 Å². The first-order valence-corrected chi connectivity index (χ1v) is 12.3. The molecule has 0 saturated heterocycles. The van der Waals surface area contributed by atoms with Gasteiger partial charge in [-0.2, -0.15) is 0 Å². The minimum Gasteiger partial charge on any atom is -0.491 e. The summed E-state index contributed by atoms with van der Waals surface area (Å²) in [5.41, 5.74) is 5.17. The summed E-state index contributed by atoms with van der Waals surface area (Å²) in [6.45, 7) is 6.43. The second-order valence-corrected chi connectivity index (χ2v) is 9.19. The molecule has 1 N–H and O–H groups in total. The highest BCUT2D eigenvalue weighted by molar-refractivity contribution is 7.98. The minimum absolute atomic E-state index is 0.0950. The van der Waals surface area contributed by atoms with E-state index < -0.39 is 0 Å². The number of anilines is 2. The molecule has 0 aliphatic carbocycles. The molecule has 32 heavy (non-hydrogen) atoms. The highest BCUT2D eigenvalue weighted by Gasteiger charge is 2.20. The average molecular weight is 447 g/mol. The molecule has 1 aliphatic rings. The highest BCUT2D eigenvalue weighted by atomic mass is 32.2. The van der Waals surface area contributed by atoms with E-state index in [2.05, 4.69) is 78.9 Å². The lowest BCUT2D eigenvalue weighted by Gasteiger charge is -2.24. The summed E-state index contributed by atoms with van der Waals surface area (Å²) >= 11 is 1.71. The molecule has 4 nitrogen and oxygen atoms in total. The lowest BCUT2D eigenvalue weighted by atomic mass is 10.0. The quantitative estimate of drug-likeness (QED) is 0.446. The van der Waals surface area contributed by atoms with E-state index in [4.69, 9.17) is 4.74 Å². The molecule has 5 heteroatoms. The number of ether oxygens (including phenoxy) is 1. The molecule has 0 bridgehead atoms. The third-order valence-corrected chi connectivity index (χ3v) is 6.52.